The number of carbonyl (C=O) groups is 1. The molecule has 2 N–H and O–H groups in total. The van der Waals surface area contributed by atoms with Crippen molar-refractivity contribution in [1.82, 2.24) is 0 Å². The van der Waals surface area contributed by atoms with Crippen molar-refractivity contribution in [2.45, 2.75) is 117 Å². The van der Waals surface area contributed by atoms with Crippen molar-refractivity contribution in [1.29, 1.82) is 0 Å². The fourth-order valence-electron chi connectivity index (χ4n) is 4.59. The minimum Gasteiger partial charge on any atom is -0.508 e. The highest BCUT2D eigenvalue weighted by Gasteiger charge is 2.06. The number of unbranched alkanes of at least 4 members (excludes halogenated alkanes) is 15. The van der Waals surface area contributed by atoms with E-state index in [0.29, 0.717) is 5.57 Å². The van der Waals surface area contributed by atoms with Gasteiger partial charge in [0.25, 0.3) is 5.91 Å². The molecule has 0 unspecified atom stereocenters. The van der Waals surface area contributed by atoms with Crippen LogP contribution in [0.4, 0.5) is 5.69 Å². The SMILES string of the molecule is CCCCCCCCCCCCCCCCCCOc1ccc(NC(=O)/C(C)=C/c2ccc(O)cc2)cc1. The molecule has 210 valence electrons. The third-order valence-electron chi connectivity index (χ3n) is 7.01. The molecular formula is C34H51NO3. The first kappa shape index (κ1) is 31.5. The molecule has 2 aromatic carbocycles. The van der Waals surface area contributed by atoms with Crippen molar-refractivity contribution in [3.05, 3.63) is 59.7 Å². The van der Waals surface area contributed by atoms with Gasteiger partial charge in [-0.15, -0.1) is 0 Å². The zero-order valence-electron chi connectivity index (χ0n) is 24.0. The Morgan fingerprint density at radius 3 is 1.68 bits per heavy atom. The van der Waals surface area contributed by atoms with Gasteiger partial charge in [0.2, 0.25) is 0 Å². The van der Waals surface area contributed by atoms with Crippen LogP contribution < -0.4 is 10.1 Å². The van der Waals surface area contributed by atoms with Crippen LogP contribution in [-0.4, -0.2) is 17.6 Å². The highest BCUT2D eigenvalue weighted by atomic mass is 16.5. The largest absolute Gasteiger partial charge is 0.508 e. The minimum absolute atomic E-state index is 0.153. The number of benzene rings is 2. The number of carbonyl (C=O) groups excluding carboxylic acids is 1. The molecule has 4 nitrogen and oxygen atoms in total. The molecule has 38 heavy (non-hydrogen) atoms. The molecule has 0 fully saturated rings. The van der Waals surface area contributed by atoms with E-state index in [4.69, 9.17) is 4.74 Å². The normalized spacial score (nSPS) is 11.5. The second-order valence-electron chi connectivity index (χ2n) is 10.5. The average Bonchev–Trinajstić information content (AvgIpc) is 2.92. The molecule has 0 bridgehead atoms. The Kier molecular flexibility index (Phi) is 16.8. The van der Waals surface area contributed by atoms with Gasteiger partial charge in [0, 0.05) is 11.3 Å². The van der Waals surface area contributed by atoms with E-state index in [1.165, 1.54) is 96.3 Å². The van der Waals surface area contributed by atoms with Crippen LogP contribution in [-0.2, 0) is 4.79 Å². The fraction of sp³-hybridized carbons (Fsp3) is 0.559. The molecule has 0 saturated heterocycles. The van der Waals surface area contributed by atoms with Gasteiger partial charge in [0.15, 0.2) is 0 Å². The predicted molar refractivity (Wildman–Crippen MR) is 162 cm³/mol. The van der Waals surface area contributed by atoms with Gasteiger partial charge in [-0.2, -0.15) is 0 Å². The van der Waals surface area contributed by atoms with Gasteiger partial charge in [-0.1, -0.05) is 115 Å². The summed E-state index contributed by atoms with van der Waals surface area (Å²) in [6.45, 7) is 4.79. The Labute approximate surface area is 231 Å². The van der Waals surface area contributed by atoms with Gasteiger partial charge in [-0.3, -0.25) is 4.79 Å². The van der Waals surface area contributed by atoms with Gasteiger partial charge in [-0.05, 0) is 61.4 Å². The lowest BCUT2D eigenvalue weighted by Crippen LogP contribution is -2.12. The molecule has 0 aliphatic rings. The van der Waals surface area contributed by atoms with Gasteiger partial charge in [0.05, 0.1) is 6.61 Å². The number of phenols is 1. The lowest BCUT2D eigenvalue weighted by Gasteiger charge is -2.09. The summed E-state index contributed by atoms with van der Waals surface area (Å²) < 4.78 is 5.88. The smallest absolute Gasteiger partial charge is 0.251 e. The summed E-state index contributed by atoms with van der Waals surface area (Å²) in [6.07, 6.45) is 23.7. The molecule has 0 spiro atoms. The van der Waals surface area contributed by atoms with E-state index in [1.54, 1.807) is 37.3 Å². The van der Waals surface area contributed by atoms with E-state index in [-0.39, 0.29) is 11.7 Å². The molecule has 0 atom stereocenters. The van der Waals surface area contributed by atoms with Crippen molar-refractivity contribution in [3.8, 4) is 11.5 Å². The average molecular weight is 522 g/mol. The summed E-state index contributed by atoms with van der Waals surface area (Å²) in [6, 6.07) is 14.3. The summed E-state index contributed by atoms with van der Waals surface area (Å²) in [4.78, 5) is 12.5. The van der Waals surface area contributed by atoms with Crippen molar-refractivity contribution in [3.63, 3.8) is 0 Å². The van der Waals surface area contributed by atoms with Crippen LogP contribution in [0.2, 0.25) is 0 Å². The second kappa shape index (κ2) is 20.2. The third kappa shape index (κ3) is 14.9. The molecule has 2 aromatic rings. The van der Waals surface area contributed by atoms with Gasteiger partial charge < -0.3 is 15.2 Å². The zero-order chi connectivity index (χ0) is 27.3. The Balaban J connectivity index is 1.45. The van der Waals surface area contributed by atoms with Crippen LogP contribution in [0, 0.1) is 0 Å². The minimum atomic E-state index is -0.153. The first-order chi connectivity index (χ1) is 18.6. The molecule has 0 aromatic heterocycles. The molecule has 0 aliphatic carbocycles. The molecule has 0 radical (unpaired) electrons. The number of amides is 1. The summed E-state index contributed by atoms with van der Waals surface area (Å²) in [5.41, 5.74) is 2.20. The number of phenolic OH excluding ortho intramolecular Hbond substituents is 1. The van der Waals surface area contributed by atoms with Gasteiger partial charge >= 0.3 is 0 Å². The van der Waals surface area contributed by atoms with Crippen LogP contribution in [0.15, 0.2) is 54.1 Å². The molecule has 0 saturated carbocycles. The molecule has 0 aliphatic heterocycles. The monoisotopic (exact) mass is 521 g/mol. The lowest BCUT2D eigenvalue weighted by atomic mass is 10.0. The molecule has 4 heteroatoms. The summed E-state index contributed by atoms with van der Waals surface area (Å²) >= 11 is 0. The number of ether oxygens (including phenoxy) is 1. The number of nitrogens with one attached hydrogen (secondary N) is 1. The van der Waals surface area contributed by atoms with Crippen LogP contribution in [0.3, 0.4) is 0 Å². The Bertz CT molecular complexity index is 902. The molecule has 0 heterocycles. The number of aromatic hydroxyl groups is 1. The molecule has 1 amide bonds. The first-order valence-electron chi connectivity index (χ1n) is 15.1. The van der Waals surface area contributed by atoms with Crippen LogP contribution in [0.1, 0.15) is 122 Å². The van der Waals surface area contributed by atoms with Crippen molar-refractivity contribution in [2.75, 3.05) is 11.9 Å². The van der Waals surface area contributed by atoms with Crippen molar-refractivity contribution >= 4 is 17.7 Å². The van der Waals surface area contributed by atoms with Gasteiger partial charge in [-0.25, -0.2) is 0 Å². The van der Waals surface area contributed by atoms with E-state index >= 15 is 0 Å². The van der Waals surface area contributed by atoms with Crippen molar-refractivity contribution < 1.29 is 14.6 Å². The number of rotatable bonds is 21. The van der Waals surface area contributed by atoms with Gasteiger partial charge in [0.1, 0.15) is 11.5 Å². The molecular weight excluding hydrogens is 470 g/mol. The predicted octanol–water partition coefficient (Wildman–Crippen LogP) is 10.1. The van der Waals surface area contributed by atoms with Crippen molar-refractivity contribution in [2.24, 2.45) is 0 Å². The van der Waals surface area contributed by atoms with Crippen LogP contribution in [0.5, 0.6) is 11.5 Å². The maximum Gasteiger partial charge on any atom is 0.251 e. The quantitative estimate of drug-likeness (QED) is 0.127. The number of hydrogen-bond donors (Lipinski definition) is 2. The topological polar surface area (TPSA) is 58.6 Å². The fourth-order valence-corrected chi connectivity index (χ4v) is 4.59. The Morgan fingerprint density at radius 2 is 1.18 bits per heavy atom. The summed E-state index contributed by atoms with van der Waals surface area (Å²) in [5.74, 6) is 0.890. The standard InChI is InChI=1S/C34H51NO3/c1-3-4-5-6-7-8-9-10-11-12-13-14-15-16-17-18-27-38-33-25-21-31(22-26-33)35-34(37)29(2)28-30-19-23-32(36)24-20-30/h19-26,28,36H,3-18,27H2,1-2H3,(H,35,37)/b29-28+. The van der Waals surface area contributed by atoms with E-state index < -0.39 is 0 Å². The Morgan fingerprint density at radius 1 is 0.711 bits per heavy atom. The number of anilines is 1. The van der Waals surface area contributed by atoms with E-state index in [9.17, 15) is 9.90 Å². The molecule has 2 rings (SSSR count). The zero-order valence-corrected chi connectivity index (χ0v) is 24.0. The highest BCUT2D eigenvalue weighted by Crippen LogP contribution is 2.19. The maximum absolute atomic E-state index is 12.5. The Hall–Kier alpha value is -2.75. The van der Waals surface area contributed by atoms with E-state index in [2.05, 4.69) is 12.2 Å². The lowest BCUT2D eigenvalue weighted by molar-refractivity contribution is -0.112. The van der Waals surface area contributed by atoms with Crippen LogP contribution in [0.25, 0.3) is 6.08 Å². The summed E-state index contributed by atoms with van der Waals surface area (Å²) in [5, 5.41) is 12.3. The summed E-state index contributed by atoms with van der Waals surface area (Å²) in [7, 11) is 0. The van der Waals surface area contributed by atoms with E-state index in [1.807, 2.05) is 24.3 Å². The third-order valence-corrected chi connectivity index (χ3v) is 7.01. The van der Waals surface area contributed by atoms with Crippen LogP contribution >= 0.6 is 0 Å². The number of hydrogen-bond acceptors (Lipinski definition) is 3. The maximum atomic E-state index is 12.5. The first-order valence-corrected chi connectivity index (χ1v) is 15.1. The second-order valence-corrected chi connectivity index (χ2v) is 10.5. The highest BCUT2D eigenvalue weighted by molar-refractivity contribution is 6.06. The van der Waals surface area contributed by atoms with E-state index in [0.717, 1.165) is 30.0 Å².